The van der Waals surface area contributed by atoms with Crippen LogP contribution in [-0.2, 0) is 6.54 Å². The van der Waals surface area contributed by atoms with E-state index >= 15 is 0 Å². The van der Waals surface area contributed by atoms with Crippen molar-refractivity contribution in [1.82, 2.24) is 24.8 Å². The van der Waals surface area contributed by atoms with Gasteiger partial charge in [0, 0.05) is 24.5 Å². The van der Waals surface area contributed by atoms with Crippen LogP contribution in [-0.4, -0.2) is 31.4 Å². The normalized spacial score (nSPS) is 17.7. The summed E-state index contributed by atoms with van der Waals surface area (Å²) in [5.74, 6) is 0.525. The van der Waals surface area contributed by atoms with Crippen LogP contribution in [0.1, 0.15) is 42.4 Å². The quantitative estimate of drug-likeness (QED) is 0.772. The monoisotopic (exact) mass is 361 g/mol. The zero-order chi connectivity index (χ0) is 18.6. The van der Waals surface area contributed by atoms with Gasteiger partial charge in [-0.25, -0.2) is 4.98 Å². The summed E-state index contributed by atoms with van der Waals surface area (Å²) in [5, 5.41) is 0. The lowest BCUT2D eigenvalue weighted by Gasteiger charge is -2.35. The second-order valence-corrected chi connectivity index (χ2v) is 6.99. The number of nitrogens with zero attached hydrogens (tertiary/aromatic N) is 4. The average Bonchev–Trinajstić information content (AvgIpc) is 2.69. The molecular weight excluding hydrogens is 338 g/mol. The maximum atomic E-state index is 12.3. The molecule has 3 aromatic rings. The third-order valence-electron chi connectivity index (χ3n) is 4.94. The first-order valence-corrected chi connectivity index (χ1v) is 9.38. The number of aromatic nitrogens is 4. The van der Waals surface area contributed by atoms with Gasteiger partial charge in [0.2, 0.25) is 0 Å². The standard InChI is InChI=1S/C21H23N5O/c1-15-7-6-8-16(23-15)14-26-12-5-3-10-19(26)18-13-20(27)25-21(24-18)17-9-2-4-11-22-17/h2,4,6-9,11,13,19H,3,5,10,12,14H2,1H3,(H,24,25,27)/t19-/m0/s1. The Morgan fingerprint density at radius 2 is 2.07 bits per heavy atom. The van der Waals surface area contributed by atoms with Crippen molar-refractivity contribution in [2.75, 3.05) is 6.54 Å². The third kappa shape index (κ3) is 4.11. The number of nitrogens with one attached hydrogen (secondary N) is 1. The SMILES string of the molecule is Cc1cccc(CN2CCCC[C@H]2c2cc(=O)[nH]c(-c3ccccn3)n2)n1. The first-order chi connectivity index (χ1) is 13.2. The van der Waals surface area contributed by atoms with E-state index in [1.54, 1.807) is 12.3 Å². The van der Waals surface area contributed by atoms with Gasteiger partial charge in [0.05, 0.1) is 17.4 Å². The molecule has 1 fully saturated rings. The first kappa shape index (κ1) is 17.5. The van der Waals surface area contributed by atoms with Gasteiger partial charge in [0.25, 0.3) is 5.56 Å². The van der Waals surface area contributed by atoms with Gasteiger partial charge in [-0.05, 0) is 50.6 Å². The van der Waals surface area contributed by atoms with E-state index in [1.807, 2.05) is 37.3 Å². The Bertz CT molecular complexity index is 970. The van der Waals surface area contributed by atoms with Crippen molar-refractivity contribution >= 4 is 0 Å². The minimum atomic E-state index is -0.139. The van der Waals surface area contributed by atoms with Crippen molar-refractivity contribution in [3.05, 3.63) is 76.1 Å². The number of hydrogen-bond acceptors (Lipinski definition) is 5. The highest BCUT2D eigenvalue weighted by atomic mass is 16.1. The minimum Gasteiger partial charge on any atom is -0.305 e. The van der Waals surface area contributed by atoms with Gasteiger partial charge in [-0.1, -0.05) is 18.6 Å². The Morgan fingerprint density at radius 3 is 2.89 bits per heavy atom. The lowest BCUT2D eigenvalue weighted by atomic mass is 9.98. The van der Waals surface area contributed by atoms with Gasteiger partial charge in [-0.15, -0.1) is 0 Å². The summed E-state index contributed by atoms with van der Waals surface area (Å²) in [6.07, 6.45) is 4.98. The summed E-state index contributed by atoms with van der Waals surface area (Å²) in [6, 6.07) is 13.5. The molecule has 27 heavy (non-hydrogen) atoms. The zero-order valence-electron chi connectivity index (χ0n) is 15.4. The molecular formula is C21H23N5O. The van der Waals surface area contributed by atoms with Crippen LogP contribution in [0, 0.1) is 6.92 Å². The van der Waals surface area contributed by atoms with Crippen LogP contribution in [0.4, 0.5) is 0 Å². The Morgan fingerprint density at radius 1 is 1.15 bits per heavy atom. The largest absolute Gasteiger partial charge is 0.305 e. The molecule has 4 rings (SSSR count). The maximum absolute atomic E-state index is 12.3. The topological polar surface area (TPSA) is 74.8 Å². The van der Waals surface area contributed by atoms with Crippen LogP contribution in [0.3, 0.4) is 0 Å². The number of H-pyrrole nitrogens is 1. The van der Waals surface area contributed by atoms with Crippen LogP contribution in [0.5, 0.6) is 0 Å². The summed E-state index contributed by atoms with van der Waals surface area (Å²) < 4.78 is 0. The molecule has 3 aromatic heterocycles. The first-order valence-electron chi connectivity index (χ1n) is 9.38. The molecule has 0 aromatic carbocycles. The maximum Gasteiger partial charge on any atom is 0.251 e. The number of pyridine rings is 2. The van der Waals surface area contributed by atoms with Crippen LogP contribution < -0.4 is 5.56 Å². The highest BCUT2D eigenvalue weighted by molar-refractivity contribution is 5.48. The molecule has 1 atom stereocenters. The smallest absolute Gasteiger partial charge is 0.251 e. The molecule has 0 unspecified atom stereocenters. The van der Waals surface area contributed by atoms with Gasteiger partial charge in [-0.3, -0.25) is 19.7 Å². The lowest BCUT2D eigenvalue weighted by molar-refractivity contribution is 0.135. The van der Waals surface area contributed by atoms with E-state index in [-0.39, 0.29) is 11.6 Å². The Labute approximate surface area is 158 Å². The molecule has 6 nitrogen and oxygen atoms in total. The van der Waals surface area contributed by atoms with Crippen molar-refractivity contribution in [3.63, 3.8) is 0 Å². The molecule has 0 radical (unpaired) electrons. The Kier molecular flexibility index (Phi) is 5.07. The average molecular weight is 361 g/mol. The van der Waals surface area contributed by atoms with Crippen LogP contribution in [0.25, 0.3) is 11.5 Å². The predicted molar refractivity (Wildman–Crippen MR) is 104 cm³/mol. The molecule has 1 aliphatic heterocycles. The van der Waals surface area contributed by atoms with Crippen LogP contribution in [0.2, 0.25) is 0 Å². The number of likely N-dealkylation sites (tertiary alicyclic amines) is 1. The molecule has 0 saturated carbocycles. The molecule has 1 aliphatic rings. The summed E-state index contributed by atoms with van der Waals surface area (Å²) in [4.78, 5) is 31.2. The summed E-state index contributed by atoms with van der Waals surface area (Å²) in [6.45, 7) is 3.75. The fourth-order valence-corrected chi connectivity index (χ4v) is 3.68. The third-order valence-corrected chi connectivity index (χ3v) is 4.94. The van der Waals surface area contributed by atoms with E-state index in [0.717, 1.165) is 49.4 Å². The number of hydrogen-bond donors (Lipinski definition) is 1. The van der Waals surface area contributed by atoms with E-state index in [0.29, 0.717) is 11.5 Å². The van der Waals surface area contributed by atoms with E-state index in [4.69, 9.17) is 4.98 Å². The molecule has 138 valence electrons. The highest BCUT2D eigenvalue weighted by Crippen LogP contribution is 2.31. The fraction of sp³-hybridized carbons (Fsp3) is 0.333. The van der Waals surface area contributed by atoms with Crippen molar-refractivity contribution in [2.45, 2.75) is 38.8 Å². The molecule has 1 N–H and O–H groups in total. The van der Waals surface area contributed by atoms with Gasteiger partial charge in [-0.2, -0.15) is 0 Å². The lowest BCUT2D eigenvalue weighted by Crippen LogP contribution is -2.34. The van der Waals surface area contributed by atoms with Gasteiger partial charge >= 0.3 is 0 Å². The minimum absolute atomic E-state index is 0.117. The van der Waals surface area contributed by atoms with E-state index in [9.17, 15) is 4.79 Å². The number of aryl methyl sites for hydroxylation is 1. The number of piperidine rings is 1. The summed E-state index contributed by atoms with van der Waals surface area (Å²) in [5.41, 5.74) is 3.43. The zero-order valence-corrected chi connectivity index (χ0v) is 15.4. The molecule has 0 aliphatic carbocycles. The van der Waals surface area contributed by atoms with Crippen molar-refractivity contribution < 1.29 is 0 Å². The second-order valence-electron chi connectivity index (χ2n) is 6.99. The summed E-state index contributed by atoms with van der Waals surface area (Å²) >= 11 is 0. The fourth-order valence-electron chi connectivity index (χ4n) is 3.68. The van der Waals surface area contributed by atoms with E-state index < -0.39 is 0 Å². The van der Waals surface area contributed by atoms with Crippen LogP contribution in [0.15, 0.2) is 53.5 Å². The van der Waals surface area contributed by atoms with Crippen molar-refractivity contribution in [3.8, 4) is 11.5 Å². The Hall–Kier alpha value is -2.86. The number of aromatic amines is 1. The second kappa shape index (κ2) is 7.80. The van der Waals surface area contributed by atoms with Gasteiger partial charge in [0.1, 0.15) is 5.69 Å². The molecule has 1 saturated heterocycles. The highest BCUT2D eigenvalue weighted by Gasteiger charge is 2.26. The van der Waals surface area contributed by atoms with Crippen molar-refractivity contribution in [1.29, 1.82) is 0 Å². The number of rotatable bonds is 4. The molecule has 0 spiro atoms. The van der Waals surface area contributed by atoms with Gasteiger partial charge in [0.15, 0.2) is 5.82 Å². The van der Waals surface area contributed by atoms with Crippen LogP contribution >= 0.6 is 0 Å². The van der Waals surface area contributed by atoms with E-state index in [1.165, 1.54) is 0 Å². The predicted octanol–water partition coefficient (Wildman–Crippen LogP) is 3.26. The Balaban J connectivity index is 1.65. The van der Waals surface area contributed by atoms with Crippen molar-refractivity contribution in [2.24, 2.45) is 0 Å². The summed E-state index contributed by atoms with van der Waals surface area (Å²) in [7, 11) is 0. The molecule has 0 amide bonds. The van der Waals surface area contributed by atoms with Gasteiger partial charge < -0.3 is 4.98 Å². The molecule has 0 bridgehead atoms. The molecule has 4 heterocycles. The van der Waals surface area contributed by atoms with E-state index in [2.05, 4.69) is 25.9 Å². The molecule has 6 heteroatoms.